The van der Waals surface area contributed by atoms with Crippen LogP contribution in [0.4, 0.5) is 0 Å². The van der Waals surface area contributed by atoms with E-state index in [-0.39, 0.29) is 31.1 Å². The zero-order chi connectivity index (χ0) is 27.3. The Kier molecular flexibility index (Phi) is 12.8. The molecule has 7 heteroatoms. The fourth-order valence-corrected chi connectivity index (χ4v) is 4.32. The topological polar surface area (TPSA) is 93.1 Å². The van der Waals surface area contributed by atoms with Gasteiger partial charge in [-0.1, -0.05) is 64.3 Å². The van der Waals surface area contributed by atoms with Crippen LogP contribution in [0.25, 0.3) is 0 Å². The van der Waals surface area contributed by atoms with E-state index in [4.69, 9.17) is 9.47 Å². The number of carbonyl (C=O) groups is 3. The van der Waals surface area contributed by atoms with E-state index < -0.39 is 17.5 Å². The van der Waals surface area contributed by atoms with E-state index in [0.29, 0.717) is 37.8 Å². The number of nitrogens with zero attached hydrogens (tertiary/aromatic N) is 1. The molecule has 1 aromatic carbocycles. The van der Waals surface area contributed by atoms with Gasteiger partial charge in [0, 0.05) is 13.0 Å². The molecule has 2 rings (SSSR count). The number of rotatable bonds is 16. The maximum atomic E-state index is 12.4. The molecule has 0 unspecified atom stereocenters. The summed E-state index contributed by atoms with van der Waals surface area (Å²) < 4.78 is 10.5. The number of carbonyl (C=O) groups excluding carboxylic acids is 3. The number of unbranched alkanes of at least 4 members (excludes halogenated alkanes) is 2. The van der Waals surface area contributed by atoms with Crippen LogP contribution in [0.15, 0.2) is 36.4 Å². The highest BCUT2D eigenvalue weighted by atomic mass is 16.6. The largest absolute Gasteiger partial charge is 0.462 e. The number of amides is 1. The highest BCUT2D eigenvalue weighted by molar-refractivity contribution is 5.89. The van der Waals surface area contributed by atoms with Gasteiger partial charge in [-0.15, -0.1) is 0 Å². The van der Waals surface area contributed by atoms with Gasteiger partial charge in [0.2, 0.25) is 5.91 Å². The SMILES string of the molecule is CCCCC[C@H](O)/C=C/[C@H]1CCC(=O)N1CCc1ccc(C(=O)OCCOC(=O)C(C)(CC)CC)cc1. The maximum absolute atomic E-state index is 12.4. The summed E-state index contributed by atoms with van der Waals surface area (Å²) in [4.78, 5) is 38.8. The van der Waals surface area contributed by atoms with E-state index in [1.54, 1.807) is 12.1 Å². The van der Waals surface area contributed by atoms with Crippen LogP contribution < -0.4 is 0 Å². The second-order valence-electron chi connectivity index (χ2n) is 10.1. The average Bonchev–Trinajstić information content (AvgIpc) is 3.27. The summed E-state index contributed by atoms with van der Waals surface area (Å²) in [6.07, 6.45) is 10.7. The van der Waals surface area contributed by atoms with Crippen LogP contribution in [0.1, 0.15) is 95.0 Å². The predicted octanol–water partition coefficient (Wildman–Crippen LogP) is 5.24. The summed E-state index contributed by atoms with van der Waals surface area (Å²) in [7, 11) is 0. The number of hydrogen-bond donors (Lipinski definition) is 1. The van der Waals surface area contributed by atoms with Crippen molar-refractivity contribution < 1.29 is 29.0 Å². The maximum Gasteiger partial charge on any atom is 0.338 e. The summed E-state index contributed by atoms with van der Waals surface area (Å²) in [5, 5.41) is 10.2. The van der Waals surface area contributed by atoms with Gasteiger partial charge in [-0.3, -0.25) is 9.59 Å². The van der Waals surface area contributed by atoms with E-state index in [1.165, 1.54) is 0 Å². The minimum absolute atomic E-state index is 0.00904. The molecule has 0 aliphatic carbocycles. The summed E-state index contributed by atoms with van der Waals surface area (Å²) in [6.45, 7) is 8.55. The van der Waals surface area contributed by atoms with Gasteiger partial charge < -0.3 is 19.5 Å². The molecule has 2 atom stereocenters. The van der Waals surface area contributed by atoms with Crippen molar-refractivity contribution in [2.75, 3.05) is 19.8 Å². The first-order valence-corrected chi connectivity index (χ1v) is 13.8. The second kappa shape index (κ2) is 15.6. The Labute approximate surface area is 222 Å². The molecule has 0 spiro atoms. The molecule has 206 valence electrons. The number of ether oxygens (including phenoxy) is 2. The van der Waals surface area contributed by atoms with Gasteiger partial charge in [0.05, 0.1) is 23.1 Å². The number of aliphatic hydroxyl groups is 1. The van der Waals surface area contributed by atoms with E-state index in [1.807, 2.05) is 50.0 Å². The molecule has 0 saturated carbocycles. The molecule has 1 amide bonds. The summed E-state index contributed by atoms with van der Waals surface area (Å²) in [6, 6.07) is 7.18. The van der Waals surface area contributed by atoms with Crippen LogP contribution >= 0.6 is 0 Å². The van der Waals surface area contributed by atoms with Crippen molar-refractivity contribution in [1.29, 1.82) is 0 Å². The van der Waals surface area contributed by atoms with Gasteiger partial charge in [0.15, 0.2) is 0 Å². The quantitative estimate of drug-likeness (QED) is 0.184. The van der Waals surface area contributed by atoms with Gasteiger partial charge in [0.25, 0.3) is 0 Å². The van der Waals surface area contributed by atoms with Crippen molar-refractivity contribution >= 4 is 17.8 Å². The zero-order valence-electron chi connectivity index (χ0n) is 23.0. The lowest BCUT2D eigenvalue weighted by Gasteiger charge is -2.23. The Balaban J connectivity index is 1.78. The molecule has 1 heterocycles. The van der Waals surface area contributed by atoms with Crippen molar-refractivity contribution in [3.05, 3.63) is 47.5 Å². The third-order valence-corrected chi connectivity index (χ3v) is 7.47. The summed E-state index contributed by atoms with van der Waals surface area (Å²) in [5.41, 5.74) is 0.939. The normalized spacial score (nSPS) is 16.8. The Morgan fingerprint density at radius 1 is 1.11 bits per heavy atom. The Morgan fingerprint density at radius 2 is 1.78 bits per heavy atom. The molecular weight excluding hydrogens is 470 g/mol. The molecule has 7 nitrogen and oxygen atoms in total. The standard InChI is InChI=1S/C30H45NO6/c1-5-8-9-10-26(32)17-15-25-16-18-27(33)31(25)20-19-23-11-13-24(14-12-23)28(34)36-21-22-37-29(35)30(4,6-2)7-3/h11-15,17,25-26,32H,5-10,16,18-22H2,1-4H3/b17-15+/t25-,26-/m0/s1. The van der Waals surface area contributed by atoms with E-state index in [0.717, 1.165) is 37.7 Å². The van der Waals surface area contributed by atoms with Crippen LogP contribution in [-0.2, 0) is 25.5 Å². The monoisotopic (exact) mass is 515 g/mol. The fourth-order valence-electron chi connectivity index (χ4n) is 4.32. The van der Waals surface area contributed by atoms with Gasteiger partial charge in [-0.2, -0.15) is 0 Å². The Bertz CT molecular complexity index is 890. The minimum Gasteiger partial charge on any atom is -0.462 e. The minimum atomic E-state index is -0.509. The van der Waals surface area contributed by atoms with Gasteiger partial charge >= 0.3 is 11.9 Å². The number of benzene rings is 1. The first-order valence-electron chi connectivity index (χ1n) is 13.8. The number of aliphatic hydroxyl groups excluding tert-OH is 1. The molecule has 1 aromatic rings. The highest BCUT2D eigenvalue weighted by Crippen LogP contribution is 2.27. The zero-order valence-corrected chi connectivity index (χ0v) is 23.0. The lowest BCUT2D eigenvalue weighted by molar-refractivity contribution is -0.156. The molecule has 1 fully saturated rings. The smallest absolute Gasteiger partial charge is 0.338 e. The number of hydrogen-bond acceptors (Lipinski definition) is 6. The van der Waals surface area contributed by atoms with E-state index >= 15 is 0 Å². The van der Waals surface area contributed by atoms with Crippen LogP contribution in [0, 0.1) is 5.41 Å². The first kappa shape index (κ1) is 30.6. The predicted molar refractivity (Wildman–Crippen MR) is 144 cm³/mol. The fraction of sp³-hybridized carbons (Fsp3) is 0.633. The van der Waals surface area contributed by atoms with Gasteiger partial charge in [0.1, 0.15) is 13.2 Å². The lowest BCUT2D eigenvalue weighted by Crippen LogP contribution is -2.33. The third kappa shape index (κ3) is 9.62. The molecule has 1 saturated heterocycles. The van der Waals surface area contributed by atoms with Gasteiger partial charge in [-0.05, 0) is 56.7 Å². The molecule has 1 N–H and O–H groups in total. The first-order chi connectivity index (χ1) is 17.7. The molecule has 1 aliphatic heterocycles. The summed E-state index contributed by atoms with van der Waals surface area (Å²) in [5.74, 6) is -0.599. The average molecular weight is 516 g/mol. The van der Waals surface area contributed by atoms with Crippen molar-refractivity contribution in [2.45, 2.75) is 97.6 Å². The second-order valence-corrected chi connectivity index (χ2v) is 10.1. The van der Waals surface area contributed by atoms with Crippen LogP contribution in [0.3, 0.4) is 0 Å². The number of esters is 2. The number of likely N-dealkylation sites (tertiary alicyclic amines) is 1. The van der Waals surface area contributed by atoms with E-state index in [2.05, 4.69) is 6.92 Å². The van der Waals surface area contributed by atoms with Crippen molar-refractivity contribution in [3.63, 3.8) is 0 Å². The van der Waals surface area contributed by atoms with Crippen LogP contribution in [0.5, 0.6) is 0 Å². The highest BCUT2D eigenvalue weighted by Gasteiger charge is 2.31. The molecule has 37 heavy (non-hydrogen) atoms. The Hall–Kier alpha value is -2.67. The molecule has 0 radical (unpaired) electrons. The van der Waals surface area contributed by atoms with Crippen LogP contribution in [0.2, 0.25) is 0 Å². The van der Waals surface area contributed by atoms with Crippen molar-refractivity contribution in [1.82, 2.24) is 4.90 Å². The molecular formula is C30H45NO6. The summed E-state index contributed by atoms with van der Waals surface area (Å²) >= 11 is 0. The third-order valence-electron chi connectivity index (χ3n) is 7.47. The van der Waals surface area contributed by atoms with Crippen LogP contribution in [-0.4, -0.2) is 59.8 Å². The van der Waals surface area contributed by atoms with Crippen molar-refractivity contribution in [2.24, 2.45) is 5.41 Å². The van der Waals surface area contributed by atoms with Gasteiger partial charge in [-0.25, -0.2) is 4.79 Å². The van der Waals surface area contributed by atoms with E-state index in [9.17, 15) is 19.5 Å². The van der Waals surface area contributed by atoms with Crippen molar-refractivity contribution in [3.8, 4) is 0 Å². The molecule has 0 bridgehead atoms. The molecule has 1 aliphatic rings. The lowest BCUT2D eigenvalue weighted by atomic mass is 9.85. The molecule has 0 aromatic heterocycles. The Morgan fingerprint density at radius 3 is 2.43 bits per heavy atom.